The molecule has 1 rings (SSSR count). The van der Waals surface area contributed by atoms with E-state index < -0.39 is 10.0 Å². The van der Waals surface area contributed by atoms with Crippen molar-refractivity contribution in [3.63, 3.8) is 0 Å². The Kier molecular flexibility index (Phi) is 4.14. The molecule has 5 heteroatoms. The van der Waals surface area contributed by atoms with E-state index in [1.165, 1.54) is 0 Å². The summed E-state index contributed by atoms with van der Waals surface area (Å²) in [6.45, 7) is 7.56. The first-order valence-corrected chi connectivity index (χ1v) is 7.14. The average Bonchev–Trinajstić information content (AvgIpc) is 2.09. The van der Waals surface area contributed by atoms with Crippen LogP contribution in [0.1, 0.15) is 40.5 Å². The lowest BCUT2D eigenvalue weighted by molar-refractivity contribution is 0.296. The summed E-state index contributed by atoms with van der Waals surface area (Å²) in [5.41, 5.74) is 0. The second-order valence-electron chi connectivity index (χ2n) is 4.75. The van der Waals surface area contributed by atoms with Crippen LogP contribution < -0.4 is 10.0 Å². The van der Waals surface area contributed by atoms with Crippen LogP contribution in [0, 0.1) is 0 Å². The number of nitrogens with one attached hydrogen (secondary N) is 2. The summed E-state index contributed by atoms with van der Waals surface area (Å²) in [6, 6.07) is 0.732. The summed E-state index contributed by atoms with van der Waals surface area (Å²) >= 11 is 0. The number of hydrogen-bond donors (Lipinski definition) is 2. The highest BCUT2D eigenvalue weighted by Gasteiger charge is 2.29. The van der Waals surface area contributed by atoms with E-state index in [9.17, 15) is 8.42 Å². The van der Waals surface area contributed by atoms with Crippen LogP contribution in [0.25, 0.3) is 0 Å². The Bertz CT molecular complexity index is 301. The highest BCUT2D eigenvalue weighted by molar-refractivity contribution is 7.90. The zero-order valence-corrected chi connectivity index (χ0v) is 10.8. The van der Waals surface area contributed by atoms with Crippen LogP contribution in [0.15, 0.2) is 0 Å². The van der Waals surface area contributed by atoms with Gasteiger partial charge in [-0.25, -0.2) is 13.1 Å². The minimum atomic E-state index is -3.14. The molecule has 1 aliphatic rings. The van der Waals surface area contributed by atoms with Gasteiger partial charge in [0.25, 0.3) is 0 Å². The Morgan fingerprint density at radius 1 is 1.27 bits per heavy atom. The predicted octanol–water partition coefficient (Wildman–Crippen LogP) is 0.843. The molecule has 0 amide bonds. The molecular weight excluding hydrogens is 212 g/mol. The van der Waals surface area contributed by atoms with E-state index in [1.54, 1.807) is 13.8 Å². The molecule has 3 atom stereocenters. The van der Waals surface area contributed by atoms with Gasteiger partial charge in [0.05, 0.1) is 5.25 Å². The molecule has 0 aromatic rings. The molecule has 0 saturated carbocycles. The number of rotatable bonds is 3. The maximum atomic E-state index is 11.7. The normalized spacial score (nSPS) is 33.3. The minimum Gasteiger partial charge on any atom is -0.310 e. The number of sulfonamides is 1. The van der Waals surface area contributed by atoms with Crippen LogP contribution in [-0.4, -0.2) is 31.8 Å². The molecule has 1 fully saturated rings. The lowest BCUT2D eigenvalue weighted by Gasteiger charge is -2.34. The highest BCUT2D eigenvalue weighted by atomic mass is 32.2. The zero-order valence-electron chi connectivity index (χ0n) is 9.95. The lowest BCUT2D eigenvalue weighted by atomic mass is 9.96. The summed E-state index contributed by atoms with van der Waals surface area (Å²) in [6.07, 6.45) is 1.94. The molecule has 0 aromatic heterocycles. The van der Waals surface area contributed by atoms with Crippen molar-refractivity contribution in [1.82, 2.24) is 10.0 Å². The first kappa shape index (κ1) is 12.9. The van der Waals surface area contributed by atoms with Crippen LogP contribution in [0.2, 0.25) is 0 Å². The molecule has 2 N–H and O–H groups in total. The molecule has 0 bridgehead atoms. The van der Waals surface area contributed by atoms with Crippen molar-refractivity contribution in [3.05, 3.63) is 0 Å². The van der Waals surface area contributed by atoms with Gasteiger partial charge in [-0.05, 0) is 40.5 Å². The van der Waals surface area contributed by atoms with Crippen molar-refractivity contribution < 1.29 is 8.42 Å². The topological polar surface area (TPSA) is 58.2 Å². The van der Waals surface area contributed by atoms with Crippen molar-refractivity contribution in [1.29, 1.82) is 0 Å². The van der Waals surface area contributed by atoms with Gasteiger partial charge in [0.1, 0.15) is 0 Å². The monoisotopic (exact) mass is 234 g/mol. The number of piperidine rings is 1. The summed E-state index contributed by atoms with van der Waals surface area (Å²) < 4.78 is 26.1. The molecule has 0 aliphatic carbocycles. The van der Waals surface area contributed by atoms with E-state index >= 15 is 0 Å². The van der Waals surface area contributed by atoms with Crippen LogP contribution in [0.3, 0.4) is 0 Å². The van der Waals surface area contributed by atoms with E-state index in [2.05, 4.69) is 17.0 Å². The van der Waals surface area contributed by atoms with Gasteiger partial charge in [-0.2, -0.15) is 0 Å². The van der Waals surface area contributed by atoms with E-state index in [0.717, 1.165) is 12.8 Å². The quantitative estimate of drug-likeness (QED) is 0.761. The van der Waals surface area contributed by atoms with Crippen molar-refractivity contribution in [2.45, 2.75) is 63.9 Å². The third-order valence-electron chi connectivity index (χ3n) is 3.00. The number of hydrogen-bond acceptors (Lipinski definition) is 3. The van der Waals surface area contributed by atoms with E-state index in [-0.39, 0.29) is 17.3 Å². The maximum Gasteiger partial charge on any atom is 0.214 e. The van der Waals surface area contributed by atoms with Gasteiger partial charge in [0, 0.05) is 18.1 Å². The van der Waals surface area contributed by atoms with Crippen molar-refractivity contribution in [3.8, 4) is 0 Å². The first-order valence-electron chi connectivity index (χ1n) is 5.60. The van der Waals surface area contributed by atoms with Crippen molar-refractivity contribution >= 4 is 10.0 Å². The maximum absolute atomic E-state index is 11.7. The molecule has 3 unspecified atom stereocenters. The van der Waals surface area contributed by atoms with Crippen LogP contribution in [-0.2, 0) is 10.0 Å². The fourth-order valence-corrected chi connectivity index (χ4v) is 2.85. The highest BCUT2D eigenvalue weighted by Crippen LogP contribution is 2.14. The molecule has 0 radical (unpaired) electrons. The molecule has 90 valence electrons. The molecule has 15 heavy (non-hydrogen) atoms. The second-order valence-corrected chi connectivity index (χ2v) is 7.02. The summed E-state index contributed by atoms with van der Waals surface area (Å²) in [5.74, 6) is 0. The minimum absolute atomic E-state index is 0.0357. The van der Waals surface area contributed by atoms with Gasteiger partial charge in [-0.1, -0.05) is 0 Å². The molecule has 0 spiro atoms. The molecule has 0 aromatic carbocycles. The van der Waals surface area contributed by atoms with Crippen LogP contribution >= 0.6 is 0 Å². The summed E-state index contributed by atoms with van der Waals surface area (Å²) in [7, 11) is -3.14. The van der Waals surface area contributed by atoms with E-state index in [4.69, 9.17) is 0 Å². The van der Waals surface area contributed by atoms with Gasteiger partial charge >= 0.3 is 0 Å². The fourth-order valence-electron chi connectivity index (χ4n) is 1.84. The lowest BCUT2D eigenvalue weighted by Crippen LogP contribution is -2.55. The Balaban J connectivity index is 2.59. The third-order valence-corrected chi connectivity index (χ3v) is 4.87. The van der Waals surface area contributed by atoms with Crippen molar-refractivity contribution in [2.24, 2.45) is 0 Å². The summed E-state index contributed by atoms with van der Waals surface area (Å²) in [4.78, 5) is 0. The molecule has 1 heterocycles. The van der Waals surface area contributed by atoms with E-state index in [0.29, 0.717) is 6.04 Å². The largest absolute Gasteiger partial charge is 0.310 e. The Hall–Kier alpha value is -0.130. The van der Waals surface area contributed by atoms with Gasteiger partial charge < -0.3 is 5.32 Å². The van der Waals surface area contributed by atoms with Gasteiger partial charge in [-0.15, -0.1) is 0 Å². The average molecular weight is 234 g/mol. The Labute approximate surface area is 92.9 Å². The molecule has 1 aliphatic heterocycles. The molecular formula is C10H22N2O2S. The third kappa shape index (κ3) is 3.43. The standard InChI is InChI=1S/C10H22N2O2S/c1-7(2)15(13,14)12-10-6-5-8(3)11-9(10)4/h7-12H,5-6H2,1-4H3. The Morgan fingerprint density at radius 2 is 1.87 bits per heavy atom. The SMILES string of the molecule is CC1CCC(NS(=O)(=O)C(C)C)C(C)N1. The Morgan fingerprint density at radius 3 is 2.33 bits per heavy atom. The fraction of sp³-hybridized carbons (Fsp3) is 1.00. The van der Waals surface area contributed by atoms with Crippen LogP contribution in [0.4, 0.5) is 0 Å². The van der Waals surface area contributed by atoms with Gasteiger partial charge in [-0.3, -0.25) is 0 Å². The summed E-state index contributed by atoms with van der Waals surface area (Å²) in [5, 5.41) is 3.01. The smallest absolute Gasteiger partial charge is 0.214 e. The van der Waals surface area contributed by atoms with Crippen LogP contribution in [0.5, 0.6) is 0 Å². The molecule has 4 nitrogen and oxygen atoms in total. The van der Waals surface area contributed by atoms with E-state index in [1.807, 2.05) is 6.92 Å². The van der Waals surface area contributed by atoms with Crippen molar-refractivity contribution in [2.75, 3.05) is 0 Å². The predicted molar refractivity (Wildman–Crippen MR) is 62.3 cm³/mol. The van der Waals surface area contributed by atoms with Gasteiger partial charge in [0.15, 0.2) is 0 Å². The zero-order chi connectivity index (χ0) is 11.6. The first-order chi connectivity index (χ1) is 6.83. The molecule has 1 saturated heterocycles. The van der Waals surface area contributed by atoms with Gasteiger partial charge in [0.2, 0.25) is 10.0 Å². The second kappa shape index (κ2) is 4.80.